The molecule has 0 bridgehead atoms. The van der Waals surface area contributed by atoms with Gasteiger partial charge in [-0.1, -0.05) is 24.4 Å². The van der Waals surface area contributed by atoms with Gasteiger partial charge in [0.25, 0.3) is 0 Å². The highest BCUT2D eigenvalue weighted by molar-refractivity contribution is 9.10. The second-order valence-corrected chi connectivity index (χ2v) is 7.06. The largest absolute Gasteiger partial charge is 0.299 e. The number of amidine groups is 1. The highest BCUT2D eigenvalue weighted by atomic mass is 79.9. The van der Waals surface area contributed by atoms with Gasteiger partial charge in [0, 0.05) is 5.92 Å². The van der Waals surface area contributed by atoms with Gasteiger partial charge in [0.15, 0.2) is 11.5 Å². The molecule has 2 aromatic rings. The van der Waals surface area contributed by atoms with Crippen molar-refractivity contribution in [2.75, 3.05) is 0 Å². The minimum Gasteiger partial charge on any atom is -0.299 e. The lowest BCUT2D eigenvalue weighted by atomic mass is 9.85. The van der Waals surface area contributed by atoms with E-state index >= 15 is 0 Å². The molecule has 9 heteroatoms. The van der Waals surface area contributed by atoms with E-state index in [0.717, 1.165) is 25.7 Å². The molecule has 0 radical (unpaired) electrons. The van der Waals surface area contributed by atoms with Crippen molar-refractivity contribution >= 4 is 33.2 Å². The summed E-state index contributed by atoms with van der Waals surface area (Å²) in [5.41, 5.74) is 2.78. The number of carbonyl (C=O) groups excluding carboxylic acids is 1. The maximum absolute atomic E-state index is 13.3. The van der Waals surface area contributed by atoms with Crippen molar-refractivity contribution in [3.05, 3.63) is 39.9 Å². The van der Waals surface area contributed by atoms with Gasteiger partial charge in [-0.15, -0.1) is 0 Å². The number of nitrogens with zero attached hydrogens (tertiary/aromatic N) is 3. The van der Waals surface area contributed by atoms with Crippen molar-refractivity contribution < 1.29 is 19.0 Å². The molecule has 1 aliphatic carbocycles. The number of benzene rings is 1. The smallest absolute Gasteiger partial charge is 0.182 e. The Morgan fingerprint density at radius 1 is 1.35 bits per heavy atom. The van der Waals surface area contributed by atoms with Crippen molar-refractivity contribution in [2.45, 2.75) is 38.5 Å². The number of halogens is 2. The van der Waals surface area contributed by atoms with Crippen LogP contribution in [0.25, 0.3) is 0 Å². The maximum Gasteiger partial charge on any atom is 0.182 e. The zero-order chi connectivity index (χ0) is 18.5. The van der Waals surface area contributed by atoms with E-state index in [1.54, 1.807) is 0 Å². The number of ketones is 1. The summed E-state index contributed by atoms with van der Waals surface area (Å²) in [6.45, 7) is 0. The average molecular weight is 425 g/mol. The second kappa shape index (κ2) is 8.50. The van der Waals surface area contributed by atoms with E-state index in [4.69, 9.17) is 4.63 Å². The van der Waals surface area contributed by atoms with Gasteiger partial charge in [0.2, 0.25) is 0 Å². The molecule has 1 heterocycles. The number of hydrogen-bond donors (Lipinski definition) is 2. The van der Waals surface area contributed by atoms with Gasteiger partial charge in [-0.2, -0.15) is 0 Å². The standard InChI is InChI=1S/C17H18BrFN4O3/c18-12-8-11(6-7-13(12)19)20-17(21-25)16-14(22-26-23-16)9-15(24)10-4-2-1-3-5-10/h6-8,10,25H,1-5,9H2,(H,20,21). The summed E-state index contributed by atoms with van der Waals surface area (Å²) in [5, 5.41) is 17.0. The van der Waals surface area contributed by atoms with Crippen LogP contribution in [0.3, 0.4) is 0 Å². The molecule has 2 N–H and O–H groups in total. The fourth-order valence-corrected chi connectivity index (χ4v) is 3.42. The Labute approximate surface area is 157 Å². The molecular formula is C17H18BrFN4O3. The summed E-state index contributed by atoms with van der Waals surface area (Å²) >= 11 is 3.08. The molecule has 0 spiro atoms. The SMILES string of the molecule is O=C(Cc1nonc1C(=Nc1ccc(F)c(Br)c1)NO)C1CCCCC1. The van der Waals surface area contributed by atoms with Crippen LogP contribution in [0.4, 0.5) is 10.1 Å². The normalized spacial score (nSPS) is 15.9. The van der Waals surface area contributed by atoms with Gasteiger partial charge in [0.1, 0.15) is 17.3 Å². The molecule has 0 aliphatic heterocycles. The van der Waals surface area contributed by atoms with Crippen LogP contribution in [0.15, 0.2) is 32.3 Å². The number of rotatable bonds is 5. The predicted molar refractivity (Wildman–Crippen MR) is 94.8 cm³/mol. The molecule has 1 fully saturated rings. The number of nitrogens with one attached hydrogen (secondary N) is 1. The molecule has 1 aliphatic rings. The topological polar surface area (TPSA) is 101 Å². The summed E-state index contributed by atoms with van der Waals surface area (Å²) in [6.07, 6.45) is 5.14. The van der Waals surface area contributed by atoms with Gasteiger partial charge < -0.3 is 0 Å². The third-order valence-electron chi connectivity index (χ3n) is 4.43. The second-order valence-electron chi connectivity index (χ2n) is 6.21. The third kappa shape index (κ3) is 4.34. The highest BCUT2D eigenvalue weighted by Gasteiger charge is 2.25. The zero-order valence-electron chi connectivity index (χ0n) is 13.9. The predicted octanol–water partition coefficient (Wildman–Crippen LogP) is 3.72. The van der Waals surface area contributed by atoms with Crippen LogP contribution < -0.4 is 5.48 Å². The van der Waals surface area contributed by atoms with E-state index < -0.39 is 5.82 Å². The fraction of sp³-hybridized carbons (Fsp3) is 0.412. The number of hydrogen-bond acceptors (Lipinski definition) is 6. The first-order valence-corrected chi connectivity index (χ1v) is 9.16. The first-order chi connectivity index (χ1) is 12.6. The van der Waals surface area contributed by atoms with Crippen LogP contribution in [0, 0.1) is 11.7 Å². The molecule has 0 unspecified atom stereocenters. The lowest BCUT2D eigenvalue weighted by Gasteiger charge is -2.19. The molecule has 3 rings (SSSR count). The molecule has 1 aromatic carbocycles. The maximum atomic E-state index is 13.3. The molecule has 1 saturated carbocycles. The van der Waals surface area contributed by atoms with Crippen molar-refractivity contribution in [1.29, 1.82) is 0 Å². The van der Waals surface area contributed by atoms with Crippen LogP contribution in [0.1, 0.15) is 43.5 Å². The number of aliphatic imine (C=N–C) groups is 1. The summed E-state index contributed by atoms with van der Waals surface area (Å²) in [7, 11) is 0. The van der Waals surface area contributed by atoms with Gasteiger partial charge in [-0.3, -0.25) is 15.5 Å². The minimum atomic E-state index is -0.427. The number of aromatic nitrogens is 2. The minimum absolute atomic E-state index is 0.0313. The Bertz CT molecular complexity index is 818. The quantitative estimate of drug-likeness (QED) is 0.430. The van der Waals surface area contributed by atoms with Crippen LogP contribution >= 0.6 is 15.9 Å². The van der Waals surface area contributed by atoms with Gasteiger partial charge in [-0.25, -0.2) is 14.0 Å². The monoisotopic (exact) mass is 424 g/mol. The van der Waals surface area contributed by atoms with Crippen LogP contribution in [0.2, 0.25) is 0 Å². The highest BCUT2D eigenvalue weighted by Crippen LogP contribution is 2.26. The van der Waals surface area contributed by atoms with E-state index in [0.29, 0.717) is 11.4 Å². The Morgan fingerprint density at radius 2 is 2.12 bits per heavy atom. The van der Waals surface area contributed by atoms with E-state index in [9.17, 15) is 14.4 Å². The number of carbonyl (C=O) groups is 1. The Morgan fingerprint density at radius 3 is 2.81 bits per heavy atom. The first kappa shape index (κ1) is 18.7. The van der Waals surface area contributed by atoms with Gasteiger partial charge >= 0.3 is 0 Å². The van der Waals surface area contributed by atoms with Crippen LogP contribution in [-0.4, -0.2) is 27.1 Å². The summed E-state index contributed by atoms with van der Waals surface area (Å²) in [6, 6.07) is 4.14. The molecular weight excluding hydrogens is 407 g/mol. The van der Waals surface area contributed by atoms with Gasteiger partial charge in [0.05, 0.1) is 16.6 Å². The Kier molecular flexibility index (Phi) is 6.10. The van der Waals surface area contributed by atoms with Crippen molar-refractivity contribution in [3.8, 4) is 0 Å². The lowest BCUT2D eigenvalue weighted by Crippen LogP contribution is -2.24. The third-order valence-corrected chi connectivity index (χ3v) is 5.04. The van der Waals surface area contributed by atoms with E-state index in [-0.39, 0.29) is 34.1 Å². The summed E-state index contributed by atoms with van der Waals surface area (Å²) in [4.78, 5) is 16.7. The Hall–Kier alpha value is -2.13. The molecule has 138 valence electrons. The summed E-state index contributed by atoms with van der Waals surface area (Å²) < 4.78 is 18.3. The van der Waals surface area contributed by atoms with Crippen LogP contribution in [0.5, 0.6) is 0 Å². The molecule has 0 atom stereocenters. The van der Waals surface area contributed by atoms with Crippen molar-refractivity contribution in [1.82, 2.24) is 15.8 Å². The van der Waals surface area contributed by atoms with E-state index in [2.05, 4.69) is 31.2 Å². The summed E-state index contributed by atoms with van der Waals surface area (Å²) in [5.74, 6) is -0.340. The lowest BCUT2D eigenvalue weighted by molar-refractivity contribution is -0.123. The Balaban J connectivity index is 1.81. The molecule has 0 saturated heterocycles. The number of hydroxylamine groups is 1. The van der Waals surface area contributed by atoms with Gasteiger partial charge in [-0.05, 0) is 52.1 Å². The molecule has 26 heavy (non-hydrogen) atoms. The molecule has 7 nitrogen and oxygen atoms in total. The van der Waals surface area contributed by atoms with Crippen LogP contribution in [-0.2, 0) is 11.2 Å². The first-order valence-electron chi connectivity index (χ1n) is 8.37. The molecule has 1 aromatic heterocycles. The van der Waals surface area contributed by atoms with Crippen molar-refractivity contribution in [2.24, 2.45) is 10.9 Å². The van der Waals surface area contributed by atoms with Crippen molar-refractivity contribution in [3.63, 3.8) is 0 Å². The number of Topliss-reactive ketones (excluding diaryl/α,β-unsaturated/α-hetero) is 1. The molecule has 0 amide bonds. The van der Waals surface area contributed by atoms with E-state index in [1.165, 1.54) is 24.6 Å². The average Bonchev–Trinajstić information content (AvgIpc) is 3.11. The fourth-order valence-electron chi connectivity index (χ4n) is 3.05. The zero-order valence-corrected chi connectivity index (χ0v) is 15.5. The van der Waals surface area contributed by atoms with E-state index in [1.807, 2.05) is 5.48 Å².